The number of carboxylic acids is 1. The molecule has 3 rings (SSSR count). The monoisotopic (exact) mass is 628 g/mol. The SMILES string of the molecule is C=C(/C=C\C(=C/C(C)CC)C(C)Nc1cc(N)cc(COc2c(Cl)cc(CC)cc2Cl)c1C1CCC1)C(C)C.CC(=O)O. The number of carboxylic acid groups (broad SMARTS) is 1. The smallest absolute Gasteiger partial charge is 0.300 e. The highest BCUT2D eigenvalue weighted by atomic mass is 35.5. The molecule has 0 aromatic heterocycles. The Balaban J connectivity index is 0.00000151. The van der Waals surface area contributed by atoms with Crippen molar-refractivity contribution in [2.75, 3.05) is 11.1 Å². The number of ether oxygens (including phenoxy) is 1. The van der Waals surface area contributed by atoms with Crippen molar-refractivity contribution in [1.29, 1.82) is 0 Å². The van der Waals surface area contributed by atoms with Gasteiger partial charge in [-0.1, -0.05) is 101 Å². The van der Waals surface area contributed by atoms with Crippen molar-refractivity contribution in [2.45, 2.75) is 99.1 Å². The van der Waals surface area contributed by atoms with Crippen molar-refractivity contribution >= 4 is 40.5 Å². The Morgan fingerprint density at radius 3 is 2.21 bits per heavy atom. The molecule has 2 unspecified atom stereocenters. The van der Waals surface area contributed by atoms with Crippen molar-refractivity contribution < 1.29 is 14.6 Å². The number of halogens is 2. The Morgan fingerprint density at radius 2 is 1.72 bits per heavy atom. The summed E-state index contributed by atoms with van der Waals surface area (Å²) in [7, 11) is 0. The first-order chi connectivity index (χ1) is 20.3. The quantitative estimate of drug-likeness (QED) is 0.152. The predicted octanol–water partition coefficient (Wildman–Crippen LogP) is 10.6. The molecule has 0 aliphatic heterocycles. The summed E-state index contributed by atoms with van der Waals surface area (Å²) in [5.41, 5.74) is 14.1. The van der Waals surface area contributed by atoms with Crippen molar-refractivity contribution in [1.82, 2.24) is 0 Å². The molecular formula is C36H50Cl2N2O3. The van der Waals surface area contributed by atoms with Crippen molar-refractivity contribution in [3.05, 3.63) is 87.0 Å². The van der Waals surface area contributed by atoms with E-state index in [1.54, 1.807) is 0 Å². The van der Waals surface area contributed by atoms with Crippen LogP contribution in [0.15, 0.2) is 60.2 Å². The first-order valence-electron chi connectivity index (χ1n) is 15.3. The van der Waals surface area contributed by atoms with Gasteiger partial charge >= 0.3 is 0 Å². The molecule has 0 radical (unpaired) electrons. The van der Waals surface area contributed by atoms with E-state index in [1.165, 1.54) is 17.6 Å². The first kappa shape index (κ1) is 36.3. The highest BCUT2D eigenvalue weighted by molar-refractivity contribution is 6.37. The zero-order chi connectivity index (χ0) is 32.3. The van der Waals surface area contributed by atoms with Gasteiger partial charge in [-0.2, -0.15) is 0 Å². The van der Waals surface area contributed by atoms with Gasteiger partial charge in [0.2, 0.25) is 0 Å². The molecule has 4 N–H and O–H groups in total. The summed E-state index contributed by atoms with van der Waals surface area (Å²) in [4.78, 5) is 9.00. The second kappa shape index (κ2) is 17.4. The fourth-order valence-electron chi connectivity index (χ4n) is 4.76. The molecule has 1 fully saturated rings. The van der Waals surface area contributed by atoms with Crippen LogP contribution in [0.25, 0.3) is 0 Å². The van der Waals surface area contributed by atoms with Gasteiger partial charge in [0.15, 0.2) is 5.75 Å². The largest absolute Gasteiger partial charge is 0.486 e. The molecule has 7 heteroatoms. The second-order valence-corrected chi connectivity index (χ2v) is 12.6. The third-order valence-corrected chi connectivity index (χ3v) is 8.43. The zero-order valence-corrected chi connectivity index (χ0v) is 28.4. The highest BCUT2D eigenvalue weighted by Crippen LogP contribution is 2.44. The van der Waals surface area contributed by atoms with Crippen molar-refractivity contribution in [2.24, 2.45) is 11.8 Å². The highest BCUT2D eigenvalue weighted by Gasteiger charge is 2.27. The average molecular weight is 630 g/mol. The van der Waals surface area contributed by atoms with E-state index in [9.17, 15) is 0 Å². The number of benzene rings is 2. The number of carbonyl (C=O) groups is 1. The summed E-state index contributed by atoms with van der Waals surface area (Å²) < 4.78 is 6.25. The molecule has 2 aromatic carbocycles. The minimum Gasteiger partial charge on any atom is -0.486 e. The van der Waals surface area contributed by atoms with E-state index in [0.717, 1.165) is 55.0 Å². The molecular weight excluding hydrogens is 579 g/mol. The molecule has 0 saturated heterocycles. The molecule has 2 aromatic rings. The molecule has 1 aliphatic rings. The lowest BCUT2D eigenvalue weighted by molar-refractivity contribution is -0.134. The molecule has 2 atom stereocenters. The van der Waals surface area contributed by atoms with Crippen LogP contribution in [0.1, 0.15) is 96.8 Å². The summed E-state index contributed by atoms with van der Waals surface area (Å²) in [6.07, 6.45) is 12.3. The normalized spacial score (nSPS) is 15.0. The summed E-state index contributed by atoms with van der Waals surface area (Å²) in [6.45, 7) is 18.8. The second-order valence-electron chi connectivity index (χ2n) is 11.8. The van der Waals surface area contributed by atoms with Gasteiger partial charge in [-0.15, -0.1) is 0 Å². The third kappa shape index (κ3) is 11.3. The van der Waals surface area contributed by atoms with Gasteiger partial charge in [-0.25, -0.2) is 0 Å². The van der Waals surface area contributed by atoms with Gasteiger partial charge in [0.05, 0.1) is 10.0 Å². The Kier molecular flexibility index (Phi) is 14.7. The Bertz CT molecular complexity index is 1280. The number of anilines is 2. The topological polar surface area (TPSA) is 84.6 Å². The maximum absolute atomic E-state index is 9.00. The fourth-order valence-corrected chi connectivity index (χ4v) is 5.40. The lowest BCUT2D eigenvalue weighted by Crippen LogP contribution is -2.22. The van der Waals surface area contributed by atoms with Crippen molar-refractivity contribution in [3.8, 4) is 5.75 Å². The lowest BCUT2D eigenvalue weighted by Gasteiger charge is -2.32. The van der Waals surface area contributed by atoms with Crippen molar-refractivity contribution in [3.63, 3.8) is 0 Å². The number of rotatable bonds is 13. The van der Waals surface area contributed by atoms with Crippen LogP contribution < -0.4 is 15.8 Å². The van der Waals surface area contributed by atoms with Gasteiger partial charge in [-0.05, 0) is 90.5 Å². The van der Waals surface area contributed by atoms with Crippen LogP contribution in [-0.2, 0) is 17.8 Å². The number of nitrogens with one attached hydrogen (secondary N) is 1. The summed E-state index contributed by atoms with van der Waals surface area (Å²) in [5, 5.41) is 12.3. The minimum atomic E-state index is -0.833. The van der Waals surface area contributed by atoms with Gasteiger partial charge in [0.25, 0.3) is 5.97 Å². The Labute approximate surface area is 269 Å². The molecule has 0 heterocycles. The summed E-state index contributed by atoms with van der Waals surface area (Å²) in [6, 6.07) is 8.05. The number of hydrogen-bond acceptors (Lipinski definition) is 4. The van der Waals surface area contributed by atoms with E-state index in [1.807, 2.05) is 18.2 Å². The van der Waals surface area contributed by atoms with Gasteiger partial charge < -0.3 is 20.9 Å². The molecule has 236 valence electrons. The van der Waals surface area contributed by atoms with E-state index in [0.29, 0.717) is 45.8 Å². The summed E-state index contributed by atoms with van der Waals surface area (Å²) in [5.74, 6) is 1.06. The van der Waals surface area contributed by atoms with Crippen LogP contribution in [0, 0.1) is 11.8 Å². The van der Waals surface area contributed by atoms with Crippen LogP contribution in [-0.4, -0.2) is 17.1 Å². The molecule has 1 saturated carbocycles. The maximum Gasteiger partial charge on any atom is 0.300 e. The molecule has 0 bridgehead atoms. The maximum atomic E-state index is 9.00. The predicted molar refractivity (Wildman–Crippen MR) is 185 cm³/mol. The number of aryl methyl sites for hydroxylation is 1. The van der Waals surface area contributed by atoms with Crippen LogP contribution >= 0.6 is 23.2 Å². The van der Waals surface area contributed by atoms with Crippen LogP contribution in [0.2, 0.25) is 10.0 Å². The summed E-state index contributed by atoms with van der Waals surface area (Å²) >= 11 is 13.1. The van der Waals surface area contributed by atoms with Crippen LogP contribution in [0.4, 0.5) is 11.4 Å². The standard InChI is InChI=1S/C34H46Cl2N2O.C2H4O2/c1-8-22(5)15-27(14-13-23(6)21(3)4)24(7)38-32-19-29(37)18-28(33(32)26-11-10-12-26)20-39-34-30(35)16-25(9-2)17-31(34)36;1-2(3)4/h13-19,21-22,24,26,38H,6,8-12,20,37H2,1-5,7H3;1H3,(H,3,4)/b14-13-,27-15+;. The number of allylic oxidation sites excluding steroid dienone is 3. The molecule has 5 nitrogen and oxygen atoms in total. The minimum absolute atomic E-state index is 0.0927. The molecule has 0 spiro atoms. The number of nitrogen functional groups attached to an aromatic ring is 1. The van der Waals surface area contributed by atoms with Gasteiger partial charge in [-0.3, -0.25) is 4.79 Å². The molecule has 1 aliphatic carbocycles. The van der Waals surface area contributed by atoms with E-state index < -0.39 is 5.97 Å². The number of nitrogens with two attached hydrogens (primary N) is 1. The van der Waals surface area contributed by atoms with E-state index in [-0.39, 0.29) is 6.04 Å². The molecule has 43 heavy (non-hydrogen) atoms. The van der Waals surface area contributed by atoms with Crippen LogP contribution in [0.5, 0.6) is 5.75 Å². The first-order valence-corrected chi connectivity index (χ1v) is 16.1. The lowest BCUT2D eigenvalue weighted by atomic mass is 9.77. The van der Waals surface area contributed by atoms with E-state index in [4.69, 9.17) is 43.6 Å². The Morgan fingerprint density at radius 1 is 1.12 bits per heavy atom. The van der Waals surface area contributed by atoms with E-state index >= 15 is 0 Å². The number of hydrogen-bond donors (Lipinski definition) is 3. The Hall–Kier alpha value is -2.89. The molecule has 0 amide bonds. The van der Waals surface area contributed by atoms with Gasteiger partial charge in [0.1, 0.15) is 6.61 Å². The van der Waals surface area contributed by atoms with E-state index in [2.05, 4.69) is 77.7 Å². The zero-order valence-electron chi connectivity index (χ0n) is 26.9. The number of aliphatic carboxylic acids is 1. The van der Waals surface area contributed by atoms with Crippen LogP contribution in [0.3, 0.4) is 0 Å². The fraction of sp³-hybridized carbons (Fsp3) is 0.472. The average Bonchev–Trinajstić information content (AvgIpc) is 2.89. The van der Waals surface area contributed by atoms with Gasteiger partial charge in [0, 0.05) is 24.3 Å². The third-order valence-electron chi connectivity index (χ3n) is 7.86.